The van der Waals surface area contributed by atoms with E-state index in [-0.39, 0.29) is 0 Å². The fraction of sp³-hybridized carbons (Fsp3) is 0.410. The van der Waals surface area contributed by atoms with Crippen molar-refractivity contribution in [1.82, 2.24) is 4.98 Å². The maximum atomic E-state index is 8.81. The van der Waals surface area contributed by atoms with Gasteiger partial charge in [-0.3, -0.25) is 0 Å². The molecule has 1 aromatic heterocycles. The molecule has 42 heavy (non-hydrogen) atoms. The number of aromatic nitrogens is 1. The van der Waals surface area contributed by atoms with Gasteiger partial charge in [0.2, 0.25) is 0 Å². The van der Waals surface area contributed by atoms with Crippen LogP contribution in [0.25, 0.3) is 22.3 Å². The molecule has 1 heterocycles. The molecule has 3 heteroatoms. The minimum Gasteiger partial charge on any atom is -0.365 e. The standard InChI is InChI=1S/C18H29N.C16H16.C2H4O.C2H6.CH5N/c1-6-9-10-16(7-2)13-17(8-3)14(4)18-11-12-19-15(18)5;1-12(2)14-7-9-15(10-8-14)16-6-4-5-13(3)11-16;1-2-3;2*1-2/h8,11-12,16,19H,3,6-7,9-10,13H2,1-2,4-5H3;4-11H,1H2,2-3H3;2H,1H3;1-2H3;2H2,1H3/b17-14+;;;;. The number of aldehydes is 1. The molecule has 0 aliphatic rings. The van der Waals surface area contributed by atoms with Gasteiger partial charge in [-0.1, -0.05) is 132 Å². The molecule has 1 atom stereocenters. The highest BCUT2D eigenvalue weighted by atomic mass is 16.1. The zero-order valence-electron chi connectivity index (χ0n) is 28.4. The van der Waals surface area contributed by atoms with Crippen LogP contribution >= 0.6 is 0 Å². The Morgan fingerprint density at radius 3 is 2.00 bits per heavy atom. The molecule has 0 saturated carbocycles. The first-order valence-corrected chi connectivity index (χ1v) is 15.5. The van der Waals surface area contributed by atoms with Crippen LogP contribution < -0.4 is 5.73 Å². The molecular formula is C39H60N2O. The number of hydrogen-bond acceptors (Lipinski definition) is 2. The second-order valence-corrected chi connectivity index (χ2v) is 9.95. The van der Waals surface area contributed by atoms with Crippen molar-refractivity contribution in [3.05, 3.63) is 108 Å². The van der Waals surface area contributed by atoms with E-state index < -0.39 is 0 Å². The topological polar surface area (TPSA) is 58.9 Å². The monoisotopic (exact) mass is 572 g/mol. The molecule has 3 aromatic rings. The maximum Gasteiger partial charge on any atom is 0.116 e. The van der Waals surface area contributed by atoms with Crippen molar-refractivity contribution in [1.29, 1.82) is 0 Å². The van der Waals surface area contributed by atoms with E-state index in [1.165, 1.54) is 84.3 Å². The van der Waals surface area contributed by atoms with Crippen LogP contribution in [-0.2, 0) is 4.79 Å². The molecule has 0 aliphatic heterocycles. The molecule has 0 bridgehead atoms. The first-order chi connectivity index (χ1) is 20.2. The molecule has 0 saturated heterocycles. The number of nitrogens with one attached hydrogen (secondary N) is 1. The summed E-state index contributed by atoms with van der Waals surface area (Å²) in [7, 11) is 1.50. The van der Waals surface area contributed by atoms with Crippen molar-refractivity contribution in [2.45, 2.75) is 94.4 Å². The fourth-order valence-corrected chi connectivity index (χ4v) is 4.45. The Morgan fingerprint density at radius 1 is 0.976 bits per heavy atom. The molecule has 0 spiro atoms. The number of benzene rings is 2. The van der Waals surface area contributed by atoms with Crippen molar-refractivity contribution in [2.75, 3.05) is 7.05 Å². The lowest BCUT2D eigenvalue weighted by Gasteiger charge is -2.17. The summed E-state index contributed by atoms with van der Waals surface area (Å²) in [6.07, 6.45) is 11.2. The lowest BCUT2D eigenvalue weighted by molar-refractivity contribution is -0.106. The van der Waals surface area contributed by atoms with Gasteiger partial charge in [0.25, 0.3) is 0 Å². The van der Waals surface area contributed by atoms with Crippen LogP contribution in [-0.4, -0.2) is 18.3 Å². The second kappa shape index (κ2) is 25.3. The van der Waals surface area contributed by atoms with E-state index in [0.717, 1.165) is 24.2 Å². The van der Waals surface area contributed by atoms with Gasteiger partial charge >= 0.3 is 0 Å². The van der Waals surface area contributed by atoms with Gasteiger partial charge in [0.05, 0.1) is 0 Å². The molecule has 232 valence electrons. The van der Waals surface area contributed by atoms with Crippen molar-refractivity contribution in [3.63, 3.8) is 0 Å². The number of rotatable bonds is 10. The second-order valence-electron chi connectivity index (χ2n) is 9.95. The average Bonchev–Trinajstić information content (AvgIpc) is 3.45. The Kier molecular flexibility index (Phi) is 24.5. The number of aryl methyl sites for hydroxylation is 2. The molecule has 3 nitrogen and oxygen atoms in total. The Bertz CT molecular complexity index is 1170. The summed E-state index contributed by atoms with van der Waals surface area (Å²) < 4.78 is 0. The predicted molar refractivity (Wildman–Crippen MR) is 191 cm³/mol. The summed E-state index contributed by atoms with van der Waals surface area (Å²) >= 11 is 0. The van der Waals surface area contributed by atoms with Crippen molar-refractivity contribution < 1.29 is 4.79 Å². The fourth-order valence-electron chi connectivity index (χ4n) is 4.45. The van der Waals surface area contributed by atoms with Gasteiger partial charge in [-0.15, -0.1) is 0 Å². The molecular weight excluding hydrogens is 512 g/mol. The van der Waals surface area contributed by atoms with E-state index in [9.17, 15) is 0 Å². The van der Waals surface area contributed by atoms with E-state index in [1.54, 1.807) is 0 Å². The third kappa shape index (κ3) is 15.5. The maximum absolute atomic E-state index is 8.81. The summed E-state index contributed by atoms with van der Waals surface area (Å²) in [4.78, 5) is 12.1. The van der Waals surface area contributed by atoms with Crippen LogP contribution in [0.3, 0.4) is 0 Å². The normalized spacial score (nSPS) is 10.8. The van der Waals surface area contributed by atoms with E-state index in [1.807, 2.05) is 27.0 Å². The summed E-state index contributed by atoms with van der Waals surface area (Å²) in [6.45, 7) is 26.5. The third-order valence-corrected chi connectivity index (χ3v) is 6.87. The molecule has 3 N–H and O–H groups in total. The predicted octanol–water partition coefficient (Wildman–Crippen LogP) is 11.4. The molecule has 0 radical (unpaired) electrons. The molecule has 0 fully saturated rings. The van der Waals surface area contributed by atoms with Gasteiger partial charge in [0, 0.05) is 11.9 Å². The Hall–Kier alpha value is -3.43. The van der Waals surface area contributed by atoms with E-state index >= 15 is 0 Å². The zero-order chi connectivity index (χ0) is 32.5. The van der Waals surface area contributed by atoms with Gasteiger partial charge in [-0.25, -0.2) is 0 Å². The summed E-state index contributed by atoms with van der Waals surface area (Å²) in [5, 5.41) is 0. The molecule has 3 rings (SSSR count). The molecule has 1 unspecified atom stereocenters. The highest BCUT2D eigenvalue weighted by molar-refractivity contribution is 5.71. The smallest absolute Gasteiger partial charge is 0.116 e. The van der Waals surface area contributed by atoms with Crippen molar-refractivity contribution in [2.24, 2.45) is 11.7 Å². The van der Waals surface area contributed by atoms with Gasteiger partial charge in [0.1, 0.15) is 6.29 Å². The molecule has 0 amide bonds. The van der Waals surface area contributed by atoms with E-state index in [0.29, 0.717) is 0 Å². The van der Waals surface area contributed by atoms with Crippen LogP contribution in [0.1, 0.15) is 103 Å². The van der Waals surface area contributed by atoms with Gasteiger partial charge in [0.15, 0.2) is 0 Å². The molecule has 2 aromatic carbocycles. The number of carbonyl (C=O) groups excluding carboxylic acids is 1. The van der Waals surface area contributed by atoms with E-state index in [2.05, 4.69) is 119 Å². The summed E-state index contributed by atoms with van der Waals surface area (Å²) in [5.41, 5.74) is 16.0. The Morgan fingerprint density at radius 2 is 1.57 bits per heavy atom. The molecule has 0 aliphatic carbocycles. The highest BCUT2D eigenvalue weighted by Crippen LogP contribution is 2.29. The van der Waals surface area contributed by atoms with Crippen LogP contribution in [0.4, 0.5) is 0 Å². The first kappa shape index (κ1) is 40.7. The Labute approximate surface area is 259 Å². The number of aromatic amines is 1. The van der Waals surface area contributed by atoms with Crippen LogP contribution in [0.5, 0.6) is 0 Å². The SMILES string of the molecule is C=C(C)c1ccc(-c2cccc(C)c2)cc1.C=C/C(CC(CC)CCCC)=C(/C)c1cc[nH]c1C.CC.CC=O.CN. The highest BCUT2D eigenvalue weighted by Gasteiger charge is 2.11. The first-order valence-electron chi connectivity index (χ1n) is 15.5. The zero-order valence-corrected chi connectivity index (χ0v) is 28.4. The Balaban J connectivity index is 0. The minimum atomic E-state index is 0.750. The largest absolute Gasteiger partial charge is 0.365 e. The summed E-state index contributed by atoms with van der Waals surface area (Å²) in [5.74, 6) is 0.794. The van der Waals surface area contributed by atoms with Crippen LogP contribution in [0.2, 0.25) is 0 Å². The van der Waals surface area contributed by atoms with Crippen molar-refractivity contribution in [3.8, 4) is 11.1 Å². The number of unbranched alkanes of at least 4 members (excludes halogenated alkanes) is 1. The van der Waals surface area contributed by atoms with Crippen molar-refractivity contribution >= 4 is 17.4 Å². The van der Waals surface area contributed by atoms with Gasteiger partial charge in [-0.2, -0.15) is 0 Å². The van der Waals surface area contributed by atoms with Crippen LogP contribution in [0, 0.1) is 19.8 Å². The lowest BCUT2D eigenvalue weighted by atomic mass is 9.88. The van der Waals surface area contributed by atoms with Gasteiger partial charge < -0.3 is 15.5 Å². The lowest BCUT2D eigenvalue weighted by Crippen LogP contribution is -2.01. The summed E-state index contributed by atoms with van der Waals surface area (Å²) in [6, 6.07) is 19.3. The minimum absolute atomic E-state index is 0.750. The number of H-pyrrole nitrogens is 1. The van der Waals surface area contributed by atoms with Gasteiger partial charge in [-0.05, 0) is 93.5 Å². The van der Waals surface area contributed by atoms with Crippen LogP contribution in [0.15, 0.2) is 85.6 Å². The number of hydrogen-bond donors (Lipinski definition) is 2. The number of allylic oxidation sites excluding steroid dienone is 4. The van der Waals surface area contributed by atoms with E-state index in [4.69, 9.17) is 4.79 Å². The average molecular weight is 573 g/mol. The number of nitrogens with two attached hydrogens (primary N) is 1. The third-order valence-electron chi connectivity index (χ3n) is 6.87. The quantitative estimate of drug-likeness (QED) is 0.187. The number of carbonyl (C=O) groups is 1.